The number of nitrogens with zero attached hydrogens (tertiary/aromatic N) is 1. The number of aromatic amines is 1. The second-order valence-corrected chi connectivity index (χ2v) is 6.17. The molecule has 1 atom stereocenters. The van der Waals surface area contributed by atoms with Crippen molar-refractivity contribution in [2.75, 3.05) is 6.54 Å². The number of likely N-dealkylation sites (tertiary alicyclic amines) is 1. The van der Waals surface area contributed by atoms with Gasteiger partial charge in [0.2, 0.25) is 0 Å². The van der Waals surface area contributed by atoms with Crippen LogP contribution >= 0.6 is 12.2 Å². The molecule has 4 nitrogen and oxygen atoms in total. The van der Waals surface area contributed by atoms with Gasteiger partial charge in [-0.2, -0.15) is 0 Å². The first-order valence-electron chi connectivity index (χ1n) is 7.90. The Kier molecular flexibility index (Phi) is 5.08. The lowest BCUT2D eigenvalue weighted by Gasteiger charge is -2.35. The van der Waals surface area contributed by atoms with Crippen molar-refractivity contribution in [3.05, 3.63) is 64.4 Å². The Labute approximate surface area is 141 Å². The third kappa shape index (κ3) is 3.99. The predicted octanol–water partition coefficient (Wildman–Crippen LogP) is 4.61. The van der Waals surface area contributed by atoms with Gasteiger partial charge in [0.1, 0.15) is 11.2 Å². The summed E-state index contributed by atoms with van der Waals surface area (Å²) in [6.45, 7) is 1.04. The Balaban J connectivity index is 1.69. The van der Waals surface area contributed by atoms with Gasteiger partial charge in [0.25, 0.3) is 0 Å². The van der Waals surface area contributed by atoms with Gasteiger partial charge in [0, 0.05) is 12.7 Å². The molecule has 120 valence electrons. The first-order valence-corrected chi connectivity index (χ1v) is 8.31. The van der Waals surface area contributed by atoms with Crippen LogP contribution in [0.3, 0.4) is 0 Å². The number of piperidine rings is 1. The summed E-state index contributed by atoms with van der Waals surface area (Å²) in [5.41, 5.74) is 2.08. The highest BCUT2D eigenvalue weighted by Crippen LogP contribution is 2.31. The average Bonchev–Trinajstić information content (AvgIpc) is 2.61. The van der Waals surface area contributed by atoms with Crippen LogP contribution in [0.4, 0.5) is 4.79 Å². The Morgan fingerprint density at radius 3 is 2.78 bits per heavy atom. The predicted molar refractivity (Wildman–Crippen MR) is 91.6 cm³/mol. The lowest BCUT2D eigenvalue weighted by Crippen LogP contribution is -2.38. The van der Waals surface area contributed by atoms with Crippen LogP contribution in [0.1, 0.15) is 36.4 Å². The Morgan fingerprint density at radius 2 is 2.04 bits per heavy atom. The van der Waals surface area contributed by atoms with E-state index in [0.29, 0.717) is 11.2 Å². The fourth-order valence-electron chi connectivity index (χ4n) is 2.93. The molecular weight excluding hydrogens is 308 g/mol. The maximum Gasteiger partial charge on any atom is 0.410 e. The number of hydrogen-bond donors (Lipinski definition) is 1. The number of carbonyl (C=O) groups is 1. The van der Waals surface area contributed by atoms with Crippen molar-refractivity contribution in [2.24, 2.45) is 0 Å². The number of benzene rings is 1. The first kappa shape index (κ1) is 15.7. The van der Waals surface area contributed by atoms with Gasteiger partial charge >= 0.3 is 6.09 Å². The molecule has 0 aliphatic carbocycles. The van der Waals surface area contributed by atoms with Gasteiger partial charge in [-0.3, -0.25) is 0 Å². The van der Waals surface area contributed by atoms with E-state index in [0.717, 1.165) is 36.9 Å². The molecular formula is C18H20N2O2S. The number of hydrogen-bond acceptors (Lipinski definition) is 3. The van der Waals surface area contributed by atoms with Gasteiger partial charge in [-0.25, -0.2) is 4.79 Å². The zero-order chi connectivity index (χ0) is 16.1. The van der Waals surface area contributed by atoms with E-state index in [1.165, 1.54) is 0 Å². The largest absolute Gasteiger partial charge is 0.445 e. The van der Waals surface area contributed by atoms with E-state index in [-0.39, 0.29) is 12.1 Å². The number of rotatable bonds is 3. The van der Waals surface area contributed by atoms with E-state index >= 15 is 0 Å². The molecule has 1 aliphatic rings. The second-order valence-electron chi connectivity index (χ2n) is 5.73. The SMILES string of the molecule is O=C(OCc1ccccc1)N1CCCC[C@@H]1c1ccc(=S)[nH]c1. The Morgan fingerprint density at radius 1 is 1.22 bits per heavy atom. The van der Waals surface area contributed by atoms with Crippen LogP contribution in [-0.4, -0.2) is 22.5 Å². The van der Waals surface area contributed by atoms with E-state index in [9.17, 15) is 4.79 Å². The summed E-state index contributed by atoms with van der Waals surface area (Å²) < 4.78 is 6.20. The molecule has 23 heavy (non-hydrogen) atoms. The van der Waals surface area contributed by atoms with Crippen LogP contribution in [0.15, 0.2) is 48.7 Å². The molecule has 1 aromatic carbocycles. The standard InChI is InChI=1S/C18H20N2O2S/c21-18(22-13-14-6-2-1-3-7-14)20-11-5-4-8-16(20)15-9-10-17(23)19-12-15/h1-3,6-7,9-10,12,16H,4-5,8,11,13H2,(H,19,23)/t16-/m1/s1. The molecule has 1 aromatic heterocycles. The molecule has 3 rings (SSSR count). The summed E-state index contributed by atoms with van der Waals surface area (Å²) in [4.78, 5) is 17.4. The molecule has 1 fully saturated rings. The lowest BCUT2D eigenvalue weighted by molar-refractivity contribution is 0.0678. The molecule has 5 heteroatoms. The molecule has 1 amide bonds. The summed E-state index contributed by atoms with van der Waals surface area (Å²) in [5, 5.41) is 0. The highest BCUT2D eigenvalue weighted by molar-refractivity contribution is 7.71. The second kappa shape index (κ2) is 7.42. The van der Waals surface area contributed by atoms with Gasteiger partial charge in [0.05, 0.1) is 6.04 Å². The van der Waals surface area contributed by atoms with Crippen LogP contribution in [0.25, 0.3) is 0 Å². The number of pyridine rings is 1. The maximum atomic E-state index is 12.5. The topological polar surface area (TPSA) is 45.3 Å². The maximum absolute atomic E-state index is 12.5. The molecule has 0 saturated carbocycles. The molecule has 1 aliphatic heterocycles. The fraction of sp³-hybridized carbons (Fsp3) is 0.333. The molecule has 0 unspecified atom stereocenters. The normalized spacial score (nSPS) is 17.7. The number of nitrogens with one attached hydrogen (secondary N) is 1. The van der Waals surface area contributed by atoms with Crippen molar-refractivity contribution in [1.29, 1.82) is 0 Å². The van der Waals surface area contributed by atoms with E-state index in [1.807, 2.05) is 53.6 Å². The summed E-state index contributed by atoms with van der Waals surface area (Å²) in [5.74, 6) is 0. The molecule has 1 saturated heterocycles. The van der Waals surface area contributed by atoms with Gasteiger partial charge in [-0.15, -0.1) is 0 Å². The van der Waals surface area contributed by atoms with Crippen LogP contribution in [0, 0.1) is 4.64 Å². The van der Waals surface area contributed by atoms with Gasteiger partial charge in [-0.05, 0) is 36.5 Å². The van der Waals surface area contributed by atoms with Crippen molar-refractivity contribution in [1.82, 2.24) is 9.88 Å². The van der Waals surface area contributed by atoms with Crippen molar-refractivity contribution >= 4 is 18.3 Å². The summed E-state index contributed by atoms with van der Waals surface area (Å²) in [6, 6.07) is 13.7. The Bertz CT molecular complexity index is 694. The van der Waals surface area contributed by atoms with E-state index < -0.39 is 0 Å². The summed E-state index contributed by atoms with van der Waals surface area (Å²) >= 11 is 5.09. The number of amides is 1. The van der Waals surface area contributed by atoms with Crippen molar-refractivity contribution < 1.29 is 9.53 Å². The monoisotopic (exact) mass is 328 g/mol. The van der Waals surface area contributed by atoms with Crippen molar-refractivity contribution in [3.8, 4) is 0 Å². The molecule has 2 aromatic rings. The zero-order valence-corrected chi connectivity index (χ0v) is 13.7. The highest BCUT2D eigenvalue weighted by Gasteiger charge is 2.29. The van der Waals surface area contributed by atoms with Crippen LogP contribution in [0.2, 0.25) is 0 Å². The van der Waals surface area contributed by atoms with Crippen LogP contribution in [0.5, 0.6) is 0 Å². The van der Waals surface area contributed by atoms with E-state index in [4.69, 9.17) is 17.0 Å². The van der Waals surface area contributed by atoms with E-state index in [1.54, 1.807) is 0 Å². The number of ether oxygens (including phenoxy) is 1. The molecule has 0 spiro atoms. The summed E-state index contributed by atoms with van der Waals surface area (Å²) in [7, 11) is 0. The molecule has 1 N–H and O–H groups in total. The lowest BCUT2D eigenvalue weighted by atomic mass is 9.97. The minimum absolute atomic E-state index is 0.0545. The quantitative estimate of drug-likeness (QED) is 0.837. The molecule has 2 heterocycles. The average molecular weight is 328 g/mol. The van der Waals surface area contributed by atoms with Crippen molar-refractivity contribution in [2.45, 2.75) is 31.9 Å². The minimum atomic E-state index is -0.249. The van der Waals surface area contributed by atoms with Crippen LogP contribution < -0.4 is 0 Å². The number of aromatic nitrogens is 1. The highest BCUT2D eigenvalue weighted by atomic mass is 32.1. The zero-order valence-electron chi connectivity index (χ0n) is 12.9. The van der Waals surface area contributed by atoms with E-state index in [2.05, 4.69) is 4.98 Å². The Hall–Kier alpha value is -2.14. The first-order chi connectivity index (χ1) is 11.2. The smallest absolute Gasteiger partial charge is 0.410 e. The third-order valence-electron chi connectivity index (χ3n) is 4.14. The van der Waals surface area contributed by atoms with Crippen molar-refractivity contribution in [3.63, 3.8) is 0 Å². The summed E-state index contributed by atoms with van der Waals surface area (Å²) in [6.07, 6.45) is 4.73. The molecule has 0 radical (unpaired) electrons. The van der Waals surface area contributed by atoms with Gasteiger partial charge in [-0.1, -0.05) is 48.6 Å². The number of H-pyrrole nitrogens is 1. The number of carbonyl (C=O) groups excluding carboxylic acids is 1. The van der Waals surface area contributed by atoms with Gasteiger partial charge < -0.3 is 14.6 Å². The van der Waals surface area contributed by atoms with Crippen LogP contribution in [-0.2, 0) is 11.3 Å². The molecule has 0 bridgehead atoms. The third-order valence-corrected chi connectivity index (χ3v) is 4.39. The fourth-order valence-corrected chi connectivity index (χ4v) is 3.06. The minimum Gasteiger partial charge on any atom is -0.445 e. The van der Waals surface area contributed by atoms with Gasteiger partial charge in [0.15, 0.2) is 0 Å².